The van der Waals surface area contributed by atoms with Crippen LogP contribution in [0.5, 0.6) is 0 Å². The monoisotopic (exact) mass is 303 g/mol. The molecule has 1 amide bonds. The Bertz CT molecular complexity index is 696. The van der Waals surface area contributed by atoms with E-state index in [4.69, 9.17) is 5.73 Å². The SMILES string of the molecule is Nc1ccc(C(=O)N2CCc3sccc3C2C(=O)O)nc1. The number of anilines is 1. The van der Waals surface area contributed by atoms with Crippen molar-refractivity contribution in [1.82, 2.24) is 9.88 Å². The van der Waals surface area contributed by atoms with Gasteiger partial charge in [-0.3, -0.25) is 4.79 Å². The number of carboxylic acids is 1. The lowest BCUT2D eigenvalue weighted by Crippen LogP contribution is -2.43. The average Bonchev–Trinajstić information content (AvgIpc) is 2.94. The Balaban J connectivity index is 1.96. The first-order chi connectivity index (χ1) is 10.1. The summed E-state index contributed by atoms with van der Waals surface area (Å²) in [7, 11) is 0. The number of carbonyl (C=O) groups excluding carboxylic acids is 1. The van der Waals surface area contributed by atoms with Crippen molar-refractivity contribution in [3.05, 3.63) is 45.9 Å². The Morgan fingerprint density at radius 1 is 1.38 bits per heavy atom. The summed E-state index contributed by atoms with van der Waals surface area (Å²) in [6.45, 7) is 0.370. The first-order valence-electron chi connectivity index (χ1n) is 6.39. The molecule has 0 aromatic carbocycles. The van der Waals surface area contributed by atoms with Crippen LogP contribution < -0.4 is 5.73 Å². The molecule has 6 nitrogen and oxygen atoms in total. The van der Waals surface area contributed by atoms with E-state index in [2.05, 4.69) is 4.98 Å². The van der Waals surface area contributed by atoms with Crippen LogP contribution in [0.4, 0.5) is 5.69 Å². The number of nitrogen functional groups attached to an aromatic ring is 1. The molecule has 2 aromatic rings. The van der Waals surface area contributed by atoms with Crippen LogP contribution in [0.15, 0.2) is 29.8 Å². The lowest BCUT2D eigenvalue weighted by atomic mass is 9.99. The molecule has 1 unspecified atom stereocenters. The second kappa shape index (κ2) is 5.17. The topological polar surface area (TPSA) is 96.5 Å². The summed E-state index contributed by atoms with van der Waals surface area (Å²) in [5.74, 6) is -1.42. The largest absolute Gasteiger partial charge is 0.479 e. The zero-order valence-corrected chi connectivity index (χ0v) is 11.8. The van der Waals surface area contributed by atoms with Gasteiger partial charge in [0.05, 0.1) is 11.9 Å². The summed E-state index contributed by atoms with van der Waals surface area (Å²) in [4.78, 5) is 30.5. The Morgan fingerprint density at radius 3 is 2.86 bits per heavy atom. The molecule has 3 heterocycles. The van der Waals surface area contributed by atoms with Crippen LogP contribution in [0.2, 0.25) is 0 Å². The van der Waals surface area contributed by atoms with Gasteiger partial charge in [0, 0.05) is 11.4 Å². The maximum Gasteiger partial charge on any atom is 0.331 e. The molecule has 0 aliphatic carbocycles. The van der Waals surface area contributed by atoms with Crippen molar-refractivity contribution >= 4 is 28.9 Å². The highest BCUT2D eigenvalue weighted by Crippen LogP contribution is 2.34. The summed E-state index contributed by atoms with van der Waals surface area (Å²) in [5, 5.41) is 11.3. The van der Waals surface area contributed by atoms with Gasteiger partial charge in [-0.2, -0.15) is 0 Å². The number of hydrogen-bond donors (Lipinski definition) is 2. The summed E-state index contributed by atoms with van der Waals surface area (Å²) in [6.07, 6.45) is 2.06. The van der Waals surface area contributed by atoms with Crippen LogP contribution in [-0.4, -0.2) is 33.4 Å². The summed E-state index contributed by atoms with van der Waals surface area (Å²) in [6, 6.07) is 3.91. The van der Waals surface area contributed by atoms with E-state index in [9.17, 15) is 14.7 Å². The molecule has 21 heavy (non-hydrogen) atoms. The first kappa shape index (κ1) is 13.6. The molecule has 0 saturated carbocycles. The average molecular weight is 303 g/mol. The predicted octanol–water partition coefficient (Wildman–Crippen LogP) is 1.55. The van der Waals surface area contributed by atoms with Crippen molar-refractivity contribution < 1.29 is 14.7 Å². The Kier molecular flexibility index (Phi) is 3.34. The molecular formula is C14H13N3O3S. The minimum absolute atomic E-state index is 0.203. The van der Waals surface area contributed by atoms with E-state index in [0.717, 1.165) is 4.88 Å². The number of nitrogens with zero attached hydrogens (tertiary/aromatic N) is 2. The number of rotatable bonds is 2. The summed E-state index contributed by atoms with van der Waals surface area (Å²) >= 11 is 1.52. The smallest absolute Gasteiger partial charge is 0.331 e. The van der Waals surface area contributed by atoms with Gasteiger partial charge in [-0.25, -0.2) is 9.78 Å². The van der Waals surface area contributed by atoms with Crippen molar-refractivity contribution in [2.75, 3.05) is 12.3 Å². The minimum Gasteiger partial charge on any atom is -0.479 e. The van der Waals surface area contributed by atoms with Gasteiger partial charge >= 0.3 is 5.97 Å². The molecule has 0 bridgehead atoms. The molecule has 7 heteroatoms. The van der Waals surface area contributed by atoms with Crippen molar-refractivity contribution in [3.63, 3.8) is 0 Å². The second-order valence-electron chi connectivity index (χ2n) is 4.77. The molecule has 2 aromatic heterocycles. The predicted molar refractivity (Wildman–Crippen MR) is 78.1 cm³/mol. The van der Waals surface area contributed by atoms with E-state index in [1.54, 1.807) is 12.1 Å². The molecule has 1 aliphatic heterocycles. The number of aromatic nitrogens is 1. The normalized spacial score (nSPS) is 17.3. The third-order valence-electron chi connectivity index (χ3n) is 3.47. The fourth-order valence-electron chi connectivity index (χ4n) is 2.48. The maximum atomic E-state index is 12.5. The van der Waals surface area contributed by atoms with Gasteiger partial charge in [0.15, 0.2) is 6.04 Å². The zero-order valence-electron chi connectivity index (χ0n) is 11.0. The highest BCUT2D eigenvalue weighted by Gasteiger charge is 2.37. The minimum atomic E-state index is -1.03. The number of amides is 1. The fourth-order valence-corrected chi connectivity index (χ4v) is 3.38. The van der Waals surface area contributed by atoms with Crippen LogP contribution in [-0.2, 0) is 11.2 Å². The fraction of sp³-hybridized carbons (Fsp3) is 0.214. The number of thiophene rings is 1. The Labute approximate surface area is 124 Å². The van der Waals surface area contributed by atoms with E-state index in [1.807, 2.05) is 5.38 Å². The molecular weight excluding hydrogens is 290 g/mol. The number of carboxylic acid groups (broad SMARTS) is 1. The van der Waals surface area contributed by atoms with Crippen LogP contribution in [0.1, 0.15) is 27.0 Å². The number of carbonyl (C=O) groups is 2. The van der Waals surface area contributed by atoms with Crippen LogP contribution in [0, 0.1) is 0 Å². The molecule has 0 radical (unpaired) electrons. The molecule has 108 valence electrons. The van der Waals surface area contributed by atoms with Crippen molar-refractivity contribution in [2.45, 2.75) is 12.5 Å². The van der Waals surface area contributed by atoms with Gasteiger partial charge < -0.3 is 15.7 Å². The Hall–Kier alpha value is -2.41. The third kappa shape index (κ3) is 2.36. The van der Waals surface area contributed by atoms with Gasteiger partial charge in [-0.05, 0) is 35.6 Å². The molecule has 3 rings (SSSR count). The van der Waals surface area contributed by atoms with Crippen molar-refractivity contribution in [1.29, 1.82) is 0 Å². The maximum absolute atomic E-state index is 12.5. The molecule has 1 atom stereocenters. The lowest BCUT2D eigenvalue weighted by Gasteiger charge is -2.32. The zero-order chi connectivity index (χ0) is 15.0. The molecule has 3 N–H and O–H groups in total. The standard InChI is InChI=1S/C14H13N3O3S/c15-8-1-2-10(16-7-8)13(18)17-5-3-11-9(4-6-21-11)12(17)14(19)20/h1-2,4,6-7,12H,3,5,15H2,(H,19,20). The van der Waals surface area contributed by atoms with Crippen molar-refractivity contribution in [2.24, 2.45) is 0 Å². The molecule has 0 spiro atoms. The van der Waals surface area contributed by atoms with Gasteiger partial charge in [0.1, 0.15) is 5.69 Å². The molecule has 1 aliphatic rings. The van der Waals surface area contributed by atoms with Gasteiger partial charge in [-0.1, -0.05) is 0 Å². The number of nitrogens with two attached hydrogens (primary N) is 1. The van der Waals surface area contributed by atoms with Crippen LogP contribution in [0.3, 0.4) is 0 Å². The Morgan fingerprint density at radius 2 is 2.19 bits per heavy atom. The molecule has 0 saturated heterocycles. The van der Waals surface area contributed by atoms with E-state index in [0.29, 0.717) is 24.2 Å². The van der Waals surface area contributed by atoms with Crippen molar-refractivity contribution in [3.8, 4) is 0 Å². The lowest BCUT2D eigenvalue weighted by molar-refractivity contribution is -0.142. The third-order valence-corrected chi connectivity index (χ3v) is 4.46. The highest BCUT2D eigenvalue weighted by molar-refractivity contribution is 7.10. The quantitative estimate of drug-likeness (QED) is 0.877. The van der Waals surface area contributed by atoms with Crippen LogP contribution >= 0.6 is 11.3 Å². The number of pyridine rings is 1. The second-order valence-corrected chi connectivity index (χ2v) is 5.77. The first-order valence-corrected chi connectivity index (χ1v) is 7.27. The number of fused-ring (bicyclic) bond motifs is 1. The van der Waals surface area contributed by atoms with E-state index >= 15 is 0 Å². The summed E-state index contributed by atoms with van der Waals surface area (Å²) < 4.78 is 0. The summed E-state index contributed by atoms with van der Waals surface area (Å²) in [5.41, 5.74) is 6.91. The van der Waals surface area contributed by atoms with E-state index < -0.39 is 12.0 Å². The number of hydrogen-bond acceptors (Lipinski definition) is 5. The number of aliphatic carboxylic acids is 1. The van der Waals surface area contributed by atoms with Crippen LogP contribution in [0.25, 0.3) is 0 Å². The van der Waals surface area contributed by atoms with Gasteiger partial charge in [0.25, 0.3) is 5.91 Å². The van der Waals surface area contributed by atoms with Gasteiger partial charge in [-0.15, -0.1) is 11.3 Å². The van der Waals surface area contributed by atoms with E-state index in [-0.39, 0.29) is 11.6 Å². The van der Waals surface area contributed by atoms with E-state index in [1.165, 1.54) is 28.5 Å². The van der Waals surface area contributed by atoms with Gasteiger partial charge in [0.2, 0.25) is 0 Å². The highest BCUT2D eigenvalue weighted by atomic mass is 32.1. The molecule has 0 fully saturated rings.